The zero-order chi connectivity index (χ0) is 22.4. The lowest BCUT2D eigenvalue weighted by atomic mass is 9.91. The van der Waals surface area contributed by atoms with E-state index in [9.17, 15) is 14.6 Å². The predicted molar refractivity (Wildman–Crippen MR) is 124 cm³/mol. The van der Waals surface area contributed by atoms with E-state index >= 15 is 0 Å². The van der Waals surface area contributed by atoms with Crippen molar-refractivity contribution in [1.82, 2.24) is 4.90 Å². The molecule has 2 heterocycles. The van der Waals surface area contributed by atoms with E-state index < -0.39 is 12.2 Å². The monoisotopic (exact) mass is 434 g/mol. The summed E-state index contributed by atoms with van der Waals surface area (Å²) in [5.74, 6) is 0.271. The summed E-state index contributed by atoms with van der Waals surface area (Å²) < 4.78 is 13.4. The minimum atomic E-state index is -0.866. The van der Waals surface area contributed by atoms with Gasteiger partial charge in [-0.2, -0.15) is 0 Å². The molecule has 0 radical (unpaired) electrons. The Morgan fingerprint density at radius 1 is 0.938 bits per heavy atom. The van der Waals surface area contributed by atoms with Crippen molar-refractivity contribution in [1.29, 1.82) is 0 Å². The molecular weight excluding hydrogens is 407 g/mol. The van der Waals surface area contributed by atoms with Crippen molar-refractivity contribution in [2.24, 2.45) is 27.7 Å². The Morgan fingerprint density at radius 3 is 2.31 bits per heavy atom. The fourth-order valence-corrected chi connectivity index (χ4v) is 5.18. The third-order valence-corrected chi connectivity index (χ3v) is 7.11. The summed E-state index contributed by atoms with van der Waals surface area (Å²) in [5, 5.41) is 24.7. The Labute approximate surface area is 186 Å². The normalized spacial score (nSPS) is 33.7. The molecule has 0 saturated heterocycles. The van der Waals surface area contributed by atoms with Gasteiger partial charge in [0.2, 0.25) is 0 Å². The average Bonchev–Trinajstić information content (AvgIpc) is 3.28. The molecule has 2 aromatic carbocycles. The van der Waals surface area contributed by atoms with Gasteiger partial charge in [0.05, 0.1) is 18.1 Å². The number of aliphatic hydroxyl groups is 2. The summed E-state index contributed by atoms with van der Waals surface area (Å²) in [6, 6.07) is 16.0. The van der Waals surface area contributed by atoms with Crippen molar-refractivity contribution in [2.45, 2.75) is 38.3 Å². The number of rotatable bonds is 3. The Morgan fingerprint density at radius 2 is 1.66 bits per heavy atom. The van der Waals surface area contributed by atoms with E-state index in [-0.39, 0.29) is 35.8 Å². The summed E-state index contributed by atoms with van der Waals surface area (Å²) in [4.78, 5) is 11.3. The molecule has 3 N–H and O–H groups in total. The first-order chi connectivity index (χ1) is 15.5. The van der Waals surface area contributed by atoms with Crippen LogP contribution >= 0.6 is 0 Å². The number of hydrogen-bond donors (Lipinski definition) is 3. The zero-order valence-corrected chi connectivity index (χ0v) is 18.0. The number of hydrogen-bond acceptors (Lipinski definition) is 6. The van der Waals surface area contributed by atoms with Crippen molar-refractivity contribution >= 4 is 23.4 Å². The van der Waals surface area contributed by atoms with Gasteiger partial charge in [-0.1, -0.05) is 44.2 Å². The standard InChI is InChI=1S/C25H27FN4O2/c1-14-15(2)22(31)23(32)21(14)30-12-19(16-6-4-3-5-7-16)20-24(27-13-28-25(20)30)29-18-10-8-17(26)9-11-18/h3-15,20-23,25,31-32H,1-2H3,(H,27,28,29)/t14-,15?,20?,21?,22?,23?,25?/m0/s1. The maximum absolute atomic E-state index is 13.4. The van der Waals surface area contributed by atoms with Gasteiger partial charge in [-0.25, -0.2) is 14.4 Å². The molecule has 0 aromatic heterocycles. The topological polar surface area (TPSA) is 80.5 Å². The third-order valence-electron chi connectivity index (χ3n) is 7.11. The second-order valence-corrected chi connectivity index (χ2v) is 8.89. The van der Waals surface area contributed by atoms with E-state index in [1.54, 1.807) is 12.1 Å². The van der Waals surface area contributed by atoms with Crippen LogP contribution < -0.4 is 5.32 Å². The van der Waals surface area contributed by atoms with Crippen LogP contribution in [0.1, 0.15) is 19.4 Å². The molecule has 6 nitrogen and oxygen atoms in total. The van der Waals surface area contributed by atoms with E-state index in [0.29, 0.717) is 5.84 Å². The molecular formula is C25H27FN4O2. The summed E-state index contributed by atoms with van der Waals surface area (Å²) in [5.41, 5.74) is 2.82. The van der Waals surface area contributed by atoms with E-state index in [4.69, 9.17) is 0 Å². The summed E-state index contributed by atoms with van der Waals surface area (Å²) in [7, 11) is 0. The van der Waals surface area contributed by atoms with E-state index in [1.165, 1.54) is 18.5 Å². The van der Waals surface area contributed by atoms with Gasteiger partial charge in [0.25, 0.3) is 0 Å². The second-order valence-electron chi connectivity index (χ2n) is 8.89. The first kappa shape index (κ1) is 20.8. The molecule has 1 saturated carbocycles. The first-order valence-electron chi connectivity index (χ1n) is 11.0. The van der Waals surface area contributed by atoms with E-state index in [0.717, 1.165) is 16.8 Å². The van der Waals surface area contributed by atoms with Crippen LogP contribution in [0.5, 0.6) is 0 Å². The number of halogens is 1. The molecule has 6 unspecified atom stereocenters. The molecule has 0 bridgehead atoms. The van der Waals surface area contributed by atoms with Gasteiger partial charge in [-0.15, -0.1) is 0 Å². The quantitative estimate of drug-likeness (QED) is 0.692. The number of aliphatic hydroxyl groups excluding tert-OH is 2. The third kappa shape index (κ3) is 3.42. The summed E-state index contributed by atoms with van der Waals surface area (Å²) >= 11 is 0. The SMILES string of the molecule is CC1C(O)C(O)C(N2C=C(c3ccccc3)C3C(Nc4ccc(F)cc4)=NC=NC32)[C@H]1C. The zero-order valence-electron chi connectivity index (χ0n) is 18.0. The Bertz CT molecular complexity index is 1060. The fraction of sp³-hybridized carbons (Fsp3) is 0.360. The molecule has 7 atom stereocenters. The van der Waals surface area contributed by atoms with Crippen molar-refractivity contribution in [3.63, 3.8) is 0 Å². The summed E-state index contributed by atoms with van der Waals surface area (Å²) in [6.07, 6.45) is 1.65. The minimum Gasteiger partial charge on any atom is -0.390 e. The van der Waals surface area contributed by atoms with Gasteiger partial charge in [-0.3, -0.25) is 0 Å². The van der Waals surface area contributed by atoms with Crippen LogP contribution in [0.4, 0.5) is 10.1 Å². The van der Waals surface area contributed by atoms with Gasteiger partial charge < -0.3 is 20.4 Å². The van der Waals surface area contributed by atoms with Gasteiger partial charge in [0.1, 0.15) is 30.3 Å². The van der Waals surface area contributed by atoms with Crippen molar-refractivity contribution in [2.75, 3.05) is 5.32 Å². The number of nitrogens with zero attached hydrogens (tertiary/aromatic N) is 3. The maximum atomic E-state index is 13.4. The number of aliphatic imine (C=N–C) groups is 2. The molecule has 0 amide bonds. The molecule has 0 spiro atoms. The molecule has 1 fully saturated rings. The number of fused-ring (bicyclic) bond motifs is 1. The van der Waals surface area contributed by atoms with Crippen LogP contribution in [0.2, 0.25) is 0 Å². The van der Waals surface area contributed by atoms with Crippen LogP contribution in [0, 0.1) is 23.6 Å². The highest BCUT2D eigenvalue weighted by Gasteiger charge is 2.52. The smallest absolute Gasteiger partial charge is 0.136 e. The Kier molecular flexibility index (Phi) is 5.31. The summed E-state index contributed by atoms with van der Waals surface area (Å²) in [6.45, 7) is 4.04. The molecule has 7 heteroatoms. The van der Waals surface area contributed by atoms with Crippen LogP contribution in [0.3, 0.4) is 0 Å². The number of nitrogens with one attached hydrogen (secondary N) is 1. The second kappa shape index (κ2) is 8.15. The van der Waals surface area contributed by atoms with Crippen LogP contribution in [0.25, 0.3) is 5.57 Å². The fourth-order valence-electron chi connectivity index (χ4n) is 5.18. The number of anilines is 1. The highest BCUT2D eigenvalue weighted by molar-refractivity contribution is 6.09. The largest absolute Gasteiger partial charge is 0.390 e. The van der Waals surface area contributed by atoms with Crippen molar-refractivity contribution < 1.29 is 14.6 Å². The molecule has 166 valence electrons. The van der Waals surface area contributed by atoms with Crippen LogP contribution in [-0.4, -0.2) is 51.7 Å². The Hall–Kier alpha value is -3.03. The lowest BCUT2D eigenvalue weighted by Gasteiger charge is -2.37. The number of amidine groups is 1. The van der Waals surface area contributed by atoms with E-state index in [1.807, 2.05) is 37.3 Å². The van der Waals surface area contributed by atoms with Gasteiger partial charge in [0.15, 0.2) is 0 Å². The molecule has 3 aliphatic rings. The predicted octanol–water partition coefficient (Wildman–Crippen LogP) is 3.35. The van der Waals surface area contributed by atoms with Crippen molar-refractivity contribution in [3.05, 3.63) is 72.2 Å². The van der Waals surface area contributed by atoms with Gasteiger partial charge in [0, 0.05) is 11.9 Å². The minimum absolute atomic E-state index is 0.0272. The molecule has 2 aromatic rings. The highest BCUT2D eigenvalue weighted by atomic mass is 19.1. The lowest BCUT2D eigenvalue weighted by Crippen LogP contribution is -2.49. The Balaban J connectivity index is 1.54. The molecule has 2 aliphatic heterocycles. The lowest BCUT2D eigenvalue weighted by molar-refractivity contribution is -0.00705. The van der Waals surface area contributed by atoms with Crippen LogP contribution in [-0.2, 0) is 0 Å². The molecule has 1 aliphatic carbocycles. The highest BCUT2D eigenvalue weighted by Crippen LogP contribution is 2.45. The number of benzene rings is 2. The van der Waals surface area contributed by atoms with Crippen LogP contribution in [0.15, 0.2) is 70.8 Å². The first-order valence-corrected chi connectivity index (χ1v) is 11.0. The average molecular weight is 435 g/mol. The van der Waals surface area contributed by atoms with Gasteiger partial charge >= 0.3 is 0 Å². The maximum Gasteiger partial charge on any atom is 0.136 e. The molecule has 32 heavy (non-hydrogen) atoms. The van der Waals surface area contributed by atoms with Crippen molar-refractivity contribution in [3.8, 4) is 0 Å². The molecule has 5 rings (SSSR count). The van der Waals surface area contributed by atoms with E-state index in [2.05, 4.69) is 33.3 Å². The van der Waals surface area contributed by atoms with Gasteiger partial charge in [-0.05, 0) is 47.2 Å².